The molecule has 0 aliphatic carbocycles. The second-order valence-corrected chi connectivity index (χ2v) is 7.51. The van der Waals surface area contributed by atoms with Crippen molar-refractivity contribution < 1.29 is 19.4 Å². The highest BCUT2D eigenvalue weighted by molar-refractivity contribution is 6.00. The molecule has 0 saturated carbocycles. The van der Waals surface area contributed by atoms with Crippen molar-refractivity contribution in [3.05, 3.63) is 95.4 Å². The monoisotopic (exact) mass is 431 g/mol. The molecule has 0 spiro atoms. The van der Waals surface area contributed by atoms with E-state index in [2.05, 4.69) is 10.4 Å². The molecule has 0 unspecified atom stereocenters. The topological polar surface area (TPSA) is 87.4 Å². The van der Waals surface area contributed by atoms with Crippen LogP contribution in [0.1, 0.15) is 21.5 Å². The third-order valence-electron chi connectivity index (χ3n) is 5.08. The number of phenols is 2. The molecule has 0 aliphatic heterocycles. The van der Waals surface area contributed by atoms with Crippen LogP contribution in [0, 0.1) is 12.7 Å². The van der Waals surface area contributed by atoms with Gasteiger partial charge in [0.15, 0.2) is 11.5 Å². The SMILES string of the molecule is Cc1cccc(-c2nn(-c3ccc(F)cc3)cc2C(=O)NCCc2ccc(O)c(O)c2)c1. The molecule has 6 nitrogen and oxygen atoms in total. The highest BCUT2D eigenvalue weighted by Crippen LogP contribution is 2.26. The van der Waals surface area contributed by atoms with Crippen molar-refractivity contribution in [3.8, 4) is 28.4 Å². The van der Waals surface area contributed by atoms with E-state index in [-0.39, 0.29) is 23.2 Å². The number of benzene rings is 3. The van der Waals surface area contributed by atoms with Gasteiger partial charge in [0.2, 0.25) is 0 Å². The van der Waals surface area contributed by atoms with E-state index in [9.17, 15) is 19.4 Å². The van der Waals surface area contributed by atoms with Crippen molar-refractivity contribution in [2.75, 3.05) is 6.54 Å². The molecule has 32 heavy (non-hydrogen) atoms. The van der Waals surface area contributed by atoms with E-state index in [0.29, 0.717) is 29.9 Å². The normalized spacial score (nSPS) is 10.8. The standard InChI is InChI=1S/C25H22FN3O3/c1-16-3-2-4-18(13-16)24-21(15-29(28-24)20-8-6-19(26)7-9-20)25(32)27-12-11-17-5-10-22(30)23(31)14-17/h2-10,13-15,30-31H,11-12H2,1H3,(H,27,32). The summed E-state index contributed by atoms with van der Waals surface area (Å²) >= 11 is 0. The third-order valence-corrected chi connectivity index (χ3v) is 5.08. The van der Waals surface area contributed by atoms with Crippen LogP contribution in [0.2, 0.25) is 0 Å². The van der Waals surface area contributed by atoms with Gasteiger partial charge in [-0.25, -0.2) is 9.07 Å². The maximum Gasteiger partial charge on any atom is 0.255 e. The molecule has 0 atom stereocenters. The molecule has 0 bridgehead atoms. The Balaban J connectivity index is 1.59. The molecule has 0 fully saturated rings. The van der Waals surface area contributed by atoms with Crippen LogP contribution in [0.3, 0.4) is 0 Å². The van der Waals surface area contributed by atoms with Crippen LogP contribution in [0.4, 0.5) is 4.39 Å². The van der Waals surface area contributed by atoms with Crippen LogP contribution in [0.15, 0.2) is 72.9 Å². The molecule has 3 aromatic carbocycles. The zero-order valence-corrected chi connectivity index (χ0v) is 17.4. The number of nitrogens with zero attached hydrogens (tertiary/aromatic N) is 2. The Hall–Kier alpha value is -4.13. The fourth-order valence-electron chi connectivity index (χ4n) is 3.41. The fourth-order valence-corrected chi connectivity index (χ4v) is 3.41. The summed E-state index contributed by atoms with van der Waals surface area (Å²) in [6.07, 6.45) is 2.11. The average Bonchev–Trinajstić information content (AvgIpc) is 3.22. The highest BCUT2D eigenvalue weighted by Gasteiger charge is 2.19. The molecular formula is C25H22FN3O3. The summed E-state index contributed by atoms with van der Waals surface area (Å²) in [4.78, 5) is 13.0. The Morgan fingerprint density at radius 1 is 1.03 bits per heavy atom. The predicted octanol–water partition coefficient (Wildman–Crippen LogP) is 4.37. The minimum Gasteiger partial charge on any atom is -0.504 e. The number of aromatic hydroxyl groups is 2. The zero-order chi connectivity index (χ0) is 22.7. The van der Waals surface area contributed by atoms with Gasteiger partial charge in [0.25, 0.3) is 5.91 Å². The first kappa shape index (κ1) is 21.1. The Morgan fingerprint density at radius 3 is 2.53 bits per heavy atom. The van der Waals surface area contributed by atoms with Gasteiger partial charge in [0.05, 0.1) is 11.3 Å². The number of aromatic nitrogens is 2. The molecule has 1 aromatic heterocycles. The van der Waals surface area contributed by atoms with Gasteiger partial charge in [-0.05, 0) is 61.4 Å². The molecule has 162 valence electrons. The number of carbonyl (C=O) groups is 1. The van der Waals surface area contributed by atoms with E-state index in [4.69, 9.17) is 0 Å². The smallest absolute Gasteiger partial charge is 0.255 e. The number of halogens is 1. The first-order valence-electron chi connectivity index (χ1n) is 10.1. The van der Waals surface area contributed by atoms with Gasteiger partial charge in [-0.2, -0.15) is 5.10 Å². The van der Waals surface area contributed by atoms with Crippen molar-refractivity contribution >= 4 is 5.91 Å². The number of rotatable bonds is 6. The van der Waals surface area contributed by atoms with Crippen LogP contribution in [-0.4, -0.2) is 32.4 Å². The lowest BCUT2D eigenvalue weighted by atomic mass is 10.1. The Kier molecular flexibility index (Phi) is 5.89. The predicted molar refractivity (Wildman–Crippen MR) is 120 cm³/mol. The maximum absolute atomic E-state index is 13.3. The Morgan fingerprint density at radius 2 is 1.81 bits per heavy atom. The van der Waals surface area contributed by atoms with Gasteiger partial charge in [-0.3, -0.25) is 4.79 Å². The van der Waals surface area contributed by atoms with Crippen LogP contribution in [0.25, 0.3) is 16.9 Å². The summed E-state index contributed by atoms with van der Waals surface area (Å²) in [7, 11) is 0. The number of aryl methyl sites for hydroxylation is 1. The summed E-state index contributed by atoms with van der Waals surface area (Å²) in [6.45, 7) is 2.30. The number of amides is 1. The highest BCUT2D eigenvalue weighted by atomic mass is 19.1. The number of carbonyl (C=O) groups excluding carboxylic acids is 1. The van der Waals surface area contributed by atoms with E-state index >= 15 is 0 Å². The Bertz CT molecular complexity index is 1270. The largest absolute Gasteiger partial charge is 0.504 e. The van der Waals surface area contributed by atoms with Gasteiger partial charge < -0.3 is 15.5 Å². The summed E-state index contributed by atoms with van der Waals surface area (Å²) in [6, 6.07) is 18.2. The molecule has 4 aromatic rings. The van der Waals surface area contributed by atoms with Gasteiger partial charge in [0.1, 0.15) is 11.5 Å². The molecule has 4 rings (SSSR count). The average molecular weight is 431 g/mol. The lowest BCUT2D eigenvalue weighted by Gasteiger charge is -2.07. The summed E-state index contributed by atoms with van der Waals surface area (Å²) in [5.74, 6) is -1.03. The van der Waals surface area contributed by atoms with Gasteiger partial charge in [-0.1, -0.05) is 29.8 Å². The van der Waals surface area contributed by atoms with Crippen molar-refractivity contribution in [3.63, 3.8) is 0 Å². The first-order chi connectivity index (χ1) is 15.4. The number of nitrogens with one attached hydrogen (secondary N) is 1. The second kappa shape index (κ2) is 8.93. The van der Waals surface area contributed by atoms with Crippen LogP contribution < -0.4 is 5.32 Å². The number of hydrogen-bond donors (Lipinski definition) is 3. The van der Waals surface area contributed by atoms with Crippen LogP contribution in [0.5, 0.6) is 11.5 Å². The van der Waals surface area contributed by atoms with E-state index in [1.807, 2.05) is 31.2 Å². The fraction of sp³-hybridized carbons (Fsp3) is 0.120. The summed E-state index contributed by atoms with van der Waals surface area (Å²) in [5.41, 5.74) is 4.18. The summed E-state index contributed by atoms with van der Waals surface area (Å²) in [5, 5.41) is 26.5. The minimum absolute atomic E-state index is 0.186. The van der Waals surface area contributed by atoms with Gasteiger partial charge in [0, 0.05) is 18.3 Å². The molecule has 3 N–H and O–H groups in total. The molecule has 0 saturated heterocycles. The lowest BCUT2D eigenvalue weighted by Crippen LogP contribution is -2.25. The van der Waals surface area contributed by atoms with Gasteiger partial charge in [-0.15, -0.1) is 0 Å². The zero-order valence-electron chi connectivity index (χ0n) is 17.4. The Labute approximate surface area is 184 Å². The first-order valence-corrected chi connectivity index (χ1v) is 10.1. The van der Waals surface area contributed by atoms with Crippen molar-refractivity contribution in [2.24, 2.45) is 0 Å². The molecule has 1 amide bonds. The molecular weight excluding hydrogens is 409 g/mol. The molecule has 0 radical (unpaired) electrons. The molecule has 0 aliphatic rings. The third kappa shape index (κ3) is 4.62. The van der Waals surface area contributed by atoms with Crippen molar-refractivity contribution in [1.29, 1.82) is 0 Å². The quantitative estimate of drug-likeness (QED) is 0.396. The molecule has 7 heteroatoms. The summed E-state index contributed by atoms with van der Waals surface area (Å²) < 4.78 is 14.9. The number of hydrogen-bond acceptors (Lipinski definition) is 4. The van der Waals surface area contributed by atoms with E-state index in [1.165, 1.54) is 24.3 Å². The lowest BCUT2D eigenvalue weighted by molar-refractivity contribution is 0.0954. The minimum atomic E-state index is -0.349. The van der Waals surface area contributed by atoms with Crippen LogP contribution in [-0.2, 0) is 6.42 Å². The van der Waals surface area contributed by atoms with E-state index < -0.39 is 0 Å². The van der Waals surface area contributed by atoms with E-state index in [1.54, 1.807) is 29.1 Å². The van der Waals surface area contributed by atoms with Crippen molar-refractivity contribution in [1.82, 2.24) is 15.1 Å². The second-order valence-electron chi connectivity index (χ2n) is 7.51. The van der Waals surface area contributed by atoms with Crippen LogP contribution >= 0.6 is 0 Å². The van der Waals surface area contributed by atoms with E-state index in [0.717, 1.165) is 16.7 Å². The van der Waals surface area contributed by atoms with Crippen molar-refractivity contribution in [2.45, 2.75) is 13.3 Å². The maximum atomic E-state index is 13.3. The number of phenolic OH excluding ortho intramolecular Hbond substituents is 2. The molecule has 1 heterocycles. The van der Waals surface area contributed by atoms with Gasteiger partial charge >= 0.3 is 0 Å².